The van der Waals surface area contributed by atoms with E-state index in [-0.39, 0.29) is 23.2 Å². The van der Waals surface area contributed by atoms with Crippen LogP contribution in [0.15, 0.2) is 48.5 Å². The van der Waals surface area contributed by atoms with E-state index in [1.165, 1.54) is 22.7 Å². The molecule has 2 aromatic heterocycles. The smallest absolute Gasteiger partial charge is 0.267 e. The van der Waals surface area contributed by atoms with Crippen molar-refractivity contribution in [3.63, 3.8) is 0 Å². The van der Waals surface area contributed by atoms with Crippen LogP contribution in [0.1, 0.15) is 19.3 Å². The van der Waals surface area contributed by atoms with Crippen LogP contribution in [-0.4, -0.2) is 26.0 Å². The van der Waals surface area contributed by atoms with Crippen molar-refractivity contribution < 1.29 is 19.1 Å². The summed E-state index contributed by atoms with van der Waals surface area (Å²) in [7, 11) is 3.14. The SMILES string of the molecule is COc1ccc(NC(=O)c2sc3sc(C(=O)Nc4ccc(OC)cc4)c(N)c3c2N)cc1. The molecule has 0 fully saturated rings. The second kappa shape index (κ2) is 8.77. The highest BCUT2D eigenvalue weighted by Crippen LogP contribution is 2.45. The van der Waals surface area contributed by atoms with E-state index < -0.39 is 0 Å². The topological polar surface area (TPSA) is 129 Å². The minimum Gasteiger partial charge on any atom is -0.497 e. The van der Waals surface area contributed by atoms with Crippen LogP contribution in [-0.2, 0) is 0 Å². The van der Waals surface area contributed by atoms with Gasteiger partial charge in [-0.15, -0.1) is 22.7 Å². The molecule has 2 aromatic carbocycles. The van der Waals surface area contributed by atoms with Crippen molar-refractivity contribution in [2.45, 2.75) is 0 Å². The monoisotopic (exact) mass is 468 g/mol. The lowest BCUT2D eigenvalue weighted by molar-refractivity contribution is 0.102. The highest BCUT2D eigenvalue weighted by molar-refractivity contribution is 7.40. The molecule has 0 saturated heterocycles. The lowest BCUT2D eigenvalue weighted by Gasteiger charge is -2.07. The fourth-order valence-corrected chi connectivity index (χ4v) is 5.46. The van der Waals surface area contributed by atoms with Crippen molar-refractivity contribution in [2.24, 2.45) is 0 Å². The molecule has 0 bridgehead atoms. The number of benzene rings is 2. The van der Waals surface area contributed by atoms with Gasteiger partial charge in [0.2, 0.25) is 0 Å². The van der Waals surface area contributed by atoms with Crippen LogP contribution in [0.5, 0.6) is 11.5 Å². The first-order valence-electron chi connectivity index (χ1n) is 9.42. The van der Waals surface area contributed by atoms with Crippen LogP contribution in [0.25, 0.3) is 9.40 Å². The number of fused-ring (bicyclic) bond motifs is 1. The molecular weight excluding hydrogens is 448 g/mol. The normalized spacial score (nSPS) is 10.7. The predicted octanol–water partition coefficient (Wildman–Crippen LogP) is 4.65. The number of carbonyl (C=O) groups is 2. The van der Waals surface area contributed by atoms with Crippen molar-refractivity contribution in [1.82, 2.24) is 0 Å². The molecule has 2 heterocycles. The summed E-state index contributed by atoms with van der Waals surface area (Å²) in [5, 5.41) is 6.15. The summed E-state index contributed by atoms with van der Waals surface area (Å²) >= 11 is 2.41. The number of carbonyl (C=O) groups excluding carboxylic acids is 2. The third kappa shape index (κ3) is 4.05. The molecule has 6 N–H and O–H groups in total. The lowest BCUT2D eigenvalue weighted by atomic mass is 10.2. The number of thiophene rings is 2. The Morgan fingerprint density at radius 2 is 1.09 bits per heavy atom. The minimum absolute atomic E-state index is 0.258. The third-order valence-corrected chi connectivity index (χ3v) is 7.23. The molecule has 8 nitrogen and oxygen atoms in total. The van der Waals surface area contributed by atoms with Gasteiger partial charge < -0.3 is 31.6 Å². The number of hydrogen-bond donors (Lipinski definition) is 4. The summed E-state index contributed by atoms with van der Waals surface area (Å²) in [5.74, 6) is 0.689. The standard InChI is InChI=1S/C22H20N4O4S2/c1-29-13-7-3-11(4-8-13)25-20(27)18-16(23)15-17(24)19(32-22(15)31-18)21(28)26-12-5-9-14(30-2)10-6-12/h3-10H,23-24H2,1-2H3,(H,25,27)(H,26,28). The van der Waals surface area contributed by atoms with Gasteiger partial charge in [-0.2, -0.15) is 0 Å². The van der Waals surface area contributed by atoms with Gasteiger partial charge in [-0.3, -0.25) is 9.59 Å². The molecule has 0 aliphatic carbocycles. The Balaban J connectivity index is 1.55. The van der Waals surface area contributed by atoms with Crippen LogP contribution in [0.3, 0.4) is 0 Å². The molecule has 4 aromatic rings. The Kier molecular flexibility index (Phi) is 5.89. The maximum atomic E-state index is 12.7. The molecule has 0 unspecified atom stereocenters. The quantitative estimate of drug-likeness (QED) is 0.326. The lowest BCUT2D eigenvalue weighted by Crippen LogP contribution is -2.13. The number of methoxy groups -OCH3 is 2. The fourth-order valence-electron chi connectivity index (χ4n) is 3.07. The fraction of sp³-hybridized carbons (Fsp3) is 0.0909. The Morgan fingerprint density at radius 3 is 1.41 bits per heavy atom. The Morgan fingerprint density at radius 1 is 0.719 bits per heavy atom. The number of ether oxygens (including phenoxy) is 2. The van der Waals surface area contributed by atoms with Crippen molar-refractivity contribution in [3.05, 3.63) is 58.3 Å². The number of rotatable bonds is 6. The van der Waals surface area contributed by atoms with E-state index in [0.29, 0.717) is 42.0 Å². The van der Waals surface area contributed by atoms with Crippen molar-refractivity contribution >= 4 is 66.6 Å². The van der Waals surface area contributed by atoms with E-state index in [1.54, 1.807) is 62.8 Å². The largest absolute Gasteiger partial charge is 0.497 e. The first kappa shape index (κ1) is 21.5. The van der Waals surface area contributed by atoms with Crippen LogP contribution in [0, 0.1) is 0 Å². The zero-order valence-corrected chi connectivity index (χ0v) is 18.9. The molecule has 0 spiro atoms. The second-order valence-electron chi connectivity index (χ2n) is 6.72. The Hall–Kier alpha value is -3.76. The number of amides is 2. The average Bonchev–Trinajstić information content (AvgIpc) is 3.31. The zero-order valence-electron chi connectivity index (χ0n) is 17.2. The van der Waals surface area contributed by atoms with Gasteiger partial charge >= 0.3 is 0 Å². The average molecular weight is 469 g/mol. The summed E-state index contributed by atoms with van der Waals surface area (Å²) in [6.45, 7) is 0. The van der Waals surface area contributed by atoms with Gasteiger partial charge in [0.15, 0.2) is 0 Å². The number of nitrogens with two attached hydrogens (primary N) is 2. The van der Waals surface area contributed by atoms with Crippen molar-refractivity contribution in [3.8, 4) is 11.5 Å². The third-order valence-electron chi connectivity index (χ3n) is 4.73. The number of nitrogen functional groups attached to an aromatic ring is 2. The molecule has 32 heavy (non-hydrogen) atoms. The molecular formula is C22H20N4O4S2. The van der Waals surface area contributed by atoms with Gasteiger partial charge in [0.1, 0.15) is 21.3 Å². The molecule has 4 rings (SSSR count). The second-order valence-corrected chi connectivity index (χ2v) is 9.02. The first-order chi connectivity index (χ1) is 15.4. The highest BCUT2D eigenvalue weighted by Gasteiger charge is 2.25. The van der Waals surface area contributed by atoms with E-state index in [2.05, 4.69) is 10.6 Å². The molecule has 10 heteroatoms. The molecule has 0 atom stereocenters. The maximum Gasteiger partial charge on any atom is 0.267 e. The van der Waals surface area contributed by atoms with E-state index in [0.717, 1.165) is 0 Å². The van der Waals surface area contributed by atoms with Crippen LogP contribution in [0.2, 0.25) is 0 Å². The number of nitrogens with one attached hydrogen (secondary N) is 2. The van der Waals surface area contributed by atoms with E-state index >= 15 is 0 Å². The summed E-state index contributed by atoms with van der Waals surface area (Å²) in [5.41, 5.74) is 14.2. The molecule has 0 aliphatic heterocycles. The summed E-state index contributed by atoms with van der Waals surface area (Å²) in [6, 6.07) is 13.9. The van der Waals surface area contributed by atoms with E-state index in [9.17, 15) is 9.59 Å². The van der Waals surface area contributed by atoms with E-state index in [1.807, 2.05) is 0 Å². The molecule has 0 saturated carbocycles. The van der Waals surface area contributed by atoms with Crippen molar-refractivity contribution in [1.29, 1.82) is 0 Å². The molecule has 0 radical (unpaired) electrons. The van der Waals surface area contributed by atoms with Crippen molar-refractivity contribution in [2.75, 3.05) is 36.3 Å². The van der Waals surface area contributed by atoms with Gasteiger partial charge in [0.25, 0.3) is 11.8 Å². The Labute approximate surface area is 191 Å². The van der Waals surface area contributed by atoms with Gasteiger partial charge in [0.05, 0.1) is 35.0 Å². The van der Waals surface area contributed by atoms with Crippen LogP contribution in [0.4, 0.5) is 22.7 Å². The first-order valence-corrected chi connectivity index (χ1v) is 11.1. The molecule has 164 valence electrons. The summed E-state index contributed by atoms with van der Waals surface area (Å²) in [4.78, 5) is 26.2. The van der Waals surface area contributed by atoms with Crippen LogP contribution >= 0.6 is 22.7 Å². The maximum absolute atomic E-state index is 12.7. The van der Waals surface area contributed by atoms with Gasteiger partial charge in [-0.05, 0) is 48.5 Å². The number of anilines is 4. The van der Waals surface area contributed by atoms with Gasteiger partial charge in [-0.1, -0.05) is 0 Å². The predicted molar refractivity (Wildman–Crippen MR) is 130 cm³/mol. The Bertz CT molecular complexity index is 1200. The highest BCUT2D eigenvalue weighted by atomic mass is 32.2. The van der Waals surface area contributed by atoms with E-state index in [4.69, 9.17) is 20.9 Å². The van der Waals surface area contributed by atoms with Crippen LogP contribution < -0.4 is 31.6 Å². The van der Waals surface area contributed by atoms with Gasteiger partial charge in [0, 0.05) is 11.4 Å². The molecule has 2 amide bonds. The summed E-state index contributed by atoms with van der Waals surface area (Å²) in [6.07, 6.45) is 0. The zero-order chi connectivity index (χ0) is 22.8. The number of hydrogen-bond acceptors (Lipinski definition) is 8. The summed E-state index contributed by atoms with van der Waals surface area (Å²) < 4.78 is 10.9. The molecule has 0 aliphatic rings. The minimum atomic E-state index is -0.343. The van der Waals surface area contributed by atoms with Gasteiger partial charge in [-0.25, -0.2) is 0 Å².